The summed E-state index contributed by atoms with van der Waals surface area (Å²) in [5, 5.41) is 0. The van der Waals surface area contributed by atoms with Crippen molar-refractivity contribution >= 4 is 5.78 Å². The Balaban J connectivity index is 4.29. The van der Waals surface area contributed by atoms with Crippen molar-refractivity contribution < 1.29 is 18.0 Å². The average Bonchev–Trinajstić information content (AvgIpc) is 1.84. The monoisotopic (exact) mass is 178 g/mol. The maximum Gasteiger partial charge on any atom is 0.412 e. The fraction of sp³-hybridized carbons (Fsp3) is 0.375. The molecule has 0 aliphatic carbocycles. The lowest BCUT2D eigenvalue weighted by Gasteiger charge is -2.03. The number of carbonyl (C=O) groups excluding carboxylic acids is 1. The molecule has 0 bridgehead atoms. The Morgan fingerprint density at radius 3 is 2.08 bits per heavy atom. The topological polar surface area (TPSA) is 17.1 Å². The summed E-state index contributed by atoms with van der Waals surface area (Å²) in [4.78, 5) is 10.3. The van der Waals surface area contributed by atoms with Crippen molar-refractivity contribution in [1.82, 2.24) is 0 Å². The van der Waals surface area contributed by atoms with Gasteiger partial charge in [-0.1, -0.05) is 12.2 Å². The maximum absolute atomic E-state index is 11.8. The maximum atomic E-state index is 11.8. The Kier molecular flexibility index (Phi) is 3.73. The van der Waals surface area contributed by atoms with Gasteiger partial charge in [-0.3, -0.25) is 4.79 Å². The van der Waals surface area contributed by atoms with Gasteiger partial charge in [0, 0.05) is 5.57 Å². The minimum absolute atomic E-state index is 0.277. The van der Waals surface area contributed by atoms with E-state index in [1.807, 2.05) is 0 Å². The highest BCUT2D eigenvalue weighted by molar-refractivity contribution is 5.87. The van der Waals surface area contributed by atoms with Gasteiger partial charge in [-0.2, -0.15) is 13.2 Å². The minimum atomic E-state index is -4.30. The van der Waals surface area contributed by atoms with Crippen molar-refractivity contribution in [2.45, 2.75) is 20.0 Å². The molecule has 1 nitrogen and oxygen atoms in total. The summed E-state index contributed by atoms with van der Waals surface area (Å²) < 4.78 is 35.4. The van der Waals surface area contributed by atoms with Crippen LogP contribution in [0.5, 0.6) is 0 Å². The van der Waals surface area contributed by atoms with Crippen molar-refractivity contribution in [3.63, 3.8) is 0 Å². The van der Waals surface area contributed by atoms with Crippen molar-refractivity contribution in [2.75, 3.05) is 0 Å². The third-order valence-electron chi connectivity index (χ3n) is 1.12. The fourth-order valence-corrected chi connectivity index (χ4v) is 0.422. The van der Waals surface area contributed by atoms with E-state index < -0.39 is 11.7 Å². The van der Waals surface area contributed by atoms with Gasteiger partial charge in [0.25, 0.3) is 0 Å². The highest BCUT2D eigenvalue weighted by Crippen LogP contribution is 2.24. The van der Waals surface area contributed by atoms with E-state index in [1.165, 1.54) is 6.92 Å². The molecule has 0 amide bonds. The second kappa shape index (κ2) is 4.09. The number of halogens is 3. The highest BCUT2D eigenvalue weighted by atomic mass is 19.4. The van der Waals surface area contributed by atoms with Gasteiger partial charge in [-0.05, 0) is 19.9 Å². The molecule has 0 atom stereocenters. The van der Waals surface area contributed by atoms with E-state index in [9.17, 15) is 18.0 Å². The zero-order valence-corrected chi connectivity index (χ0v) is 6.77. The van der Waals surface area contributed by atoms with Crippen molar-refractivity contribution in [1.29, 1.82) is 0 Å². The number of hydrogen-bond donors (Lipinski definition) is 0. The Morgan fingerprint density at radius 2 is 1.75 bits per heavy atom. The Morgan fingerprint density at radius 1 is 1.25 bits per heavy atom. The van der Waals surface area contributed by atoms with Gasteiger partial charge in [0.05, 0.1) is 0 Å². The van der Waals surface area contributed by atoms with Gasteiger partial charge >= 0.3 is 6.18 Å². The number of allylic oxidation sites excluding steroid dienone is 4. The SMILES string of the molecule is CC(=O)/C=C/C=C(\C)C(F)(F)F. The molecule has 0 unspecified atom stereocenters. The van der Waals surface area contributed by atoms with Crippen molar-refractivity contribution in [2.24, 2.45) is 0 Å². The van der Waals surface area contributed by atoms with Crippen LogP contribution in [-0.4, -0.2) is 12.0 Å². The second-order valence-electron chi connectivity index (χ2n) is 2.32. The summed E-state index contributed by atoms with van der Waals surface area (Å²) in [5.74, 6) is -0.277. The molecule has 0 rings (SSSR count). The predicted octanol–water partition coefficient (Wildman–Crippen LogP) is 2.64. The van der Waals surface area contributed by atoms with Gasteiger partial charge < -0.3 is 0 Å². The van der Waals surface area contributed by atoms with Crippen LogP contribution in [0.1, 0.15) is 13.8 Å². The number of alkyl halides is 3. The summed E-state index contributed by atoms with van der Waals surface area (Å²) in [6, 6.07) is 0. The van der Waals surface area contributed by atoms with Gasteiger partial charge in [0.15, 0.2) is 5.78 Å². The third kappa shape index (κ3) is 4.71. The minimum Gasteiger partial charge on any atom is -0.295 e. The highest BCUT2D eigenvalue weighted by Gasteiger charge is 2.29. The number of rotatable bonds is 2. The van der Waals surface area contributed by atoms with E-state index >= 15 is 0 Å². The molecule has 0 fully saturated rings. The van der Waals surface area contributed by atoms with E-state index in [1.54, 1.807) is 0 Å². The zero-order chi connectivity index (χ0) is 9.78. The van der Waals surface area contributed by atoms with Crippen LogP contribution in [0.25, 0.3) is 0 Å². The lowest BCUT2D eigenvalue weighted by atomic mass is 10.2. The largest absolute Gasteiger partial charge is 0.412 e. The van der Waals surface area contributed by atoms with Gasteiger partial charge in [0.1, 0.15) is 0 Å². The molecule has 0 radical (unpaired) electrons. The molecular weight excluding hydrogens is 169 g/mol. The van der Waals surface area contributed by atoms with Crippen LogP contribution < -0.4 is 0 Å². The van der Waals surface area contributed by atoms with Gasteiger partial charge in [-0.25, -0.2) is 0 Å². The summed E-state index contributed by atoms with van der Waals surface area (Å²) >= 11 is 0. The Labute approximate surface area is 68.6 Å². The summed E-state index contributed by atoms with van der Waals surface area (Å²) in [6.07, 6.45) is -1.27. The lowest BCUT2D eigenvalue weighted by Crippen LogP contribution is -2.08. The molecule has 0 heterocycles. The van der Waals surface area contributed by atoms with Crippen LogP contribution >= 0.6 is 0 Å². The van der Waals surface area contributed by atoms with Crippen LogP contribution in [-0.2, 0) is 4.79 Å². The van der Waals surface area contributed by atoms with Gasteiger partial charge in [-0.15, -0.1) is 0 Å². The smallest absolute Gasteiger partial charge is 0.295 e. The molecule has 0 aliphatic rings. The number of hydrogen-bond acceptors (Lipinski definition) is 1. The zero-order valence-electron chi connectivity index (χ0n) is 6.77. The average molecular weight is 178 g/mol. The fourth-order valence-electron chi connectivity index (χ4n) is 0.422. The van der Waals surface area contributed by atoms with Crippen LogP contribution in [0.4, 0.5) is 13.2 Å². The first-order valence-electron chi connectivity index (χ1n) is 3.27. The molecule has 0 spiro atoms. The molecule has 12 heavy (non-hydrogen) atoms. The third-order valence-corrected chi connectivity index (χ3v) is 1.12. The molecule has 0 N–H and O–H groups in total. The van der Waals surface area contributed by atoms with E-state index in [2.05, 4.69) is 0 Å². The summed E-state index contributed by atoms with van der Waals surface area (Å²) in [5.41, 5.74) is -0.722. The van der Waals surface area contributed by atoms with Crippen LogP contribution in [0.2, 0.25) is 0 Å². The standard InChI is InChI=1S/C8H9F3O/c1-6(8(9,10)11)4-3-5-7(2)12/h3-5H,1-2H3/b5-3+,6-4+. The van der Waals surface area contributed by atoms with Gasteiger partial charge in [0.2, 0.25) is 0 Å². The Hall–Kier alpha value is -1.06. The molecule has 0 saturated carbocycles. The first-order chi connectivity index (χ1) is 5.34. The number of carbonyl (C=O) groups is 1. The van der Waals surface area contributed by atoms with Crippen LogP contribution in [0.3, 0.4) is 0 Å². The predicted molar refractivity (Wildman–Crippen MR) is 39.6 cm³/mol. The first kappa shape index (κ1) is 10.9. The molecular formula is C8H9F3O. The van der Waals surface area contributed by atoms with E-state index in [-0.39, 0.29) is 5.78 Å². The van der Waals surface area contributed by atoms with Crippen molar-refractivity contribution in [3.05, 3.63) is 23.8 Å². The van der Waals surface area contributed by atoms with E-state index in [0.717, 1.165) is 25.2 Å². The Bertz CT molecular complexity index is 223. The van der Waals surface area contributed by atoms with Crippen LogP contribution in [0, 0.1) is 0 Å². The quantitative estimate of drug-likeness (QED) is 0.469. The molecule has 0 aromatic heterocycles. The number of ketones is 1. The summed E-state index contributed by atoms with van der Waals surface area (Å²) in [6.45, 7) is 2.22. The van der Waals surface area contributed by atoms with Crippen LogP contribution in [0.15, 0.2) is 23.8 Å². The molecule has 4 heteroatoms. The normalized spacial score (nSPS) is 13.9. The molecule has 0 saturated heterocycles. The van der Waals surface area contributed by atoms with E-state index in [4.69, 9.17) is 0 Å². The van der Waals surface area contributed by atoms with Crippen molar-refractivity contribution in [3.8, 4) is 0 Å². The summed E-state index contributed by atoms with van der Waals surface area (Å²) in [7, 11) is 0. The second-order valence-corrected chi connectivity index (χ2v) is 2.32. The lowest BCUT2D eigenvalue weighted by molar-refractivity contribution is -0.112. The molecule has 0 aliphatic heterocycles. The first-order valence-corrected chi connectivity index (χ1v) is 3.27. The van der Waals surface area contributed by atoms with E-state index in [0.29, 0.717) is 0 Å². The molecule has 0 aromatic carbocycles. The molecule has 0 aromatic rings. The molecule has 68 valence electrons.